The predicted octanol–water partition coefficient (Wildman–Crippen LogP) is 6.93. The summed E-state index contributed by atoms with van der Waals surface area (Å²) in [6.45, 7) is 0. The molecule has 6 heteroatoms. The van der Waals surface area contributed by atoms with E-state index in [1.54, 1.807) is 35.7 Å². The van der Waals surface area contributed by atoms with E-state index in [2.05, 4.69) is 0 Å². The number of aromatic hydroxyl groups is 1. The number of hydrogen-bond donors (Lipinski definition) is 2. The van der Waals surface area contributed by atoms with Crippen molar-refractivity contribution in [1.29, 1.82) is 0 Å². The highest BCUT2D eigenvalue weighted by Gasteiger charge is 2.22. The summed E-state index contributed by atoms with van der Waals surface area (Å²) in [6, 6.07) is 23.4. The van der Waals surface area contributed by atoms with E-state index in [0.717, 1.165) is 26.8 Å². The molecule has 5 rings (SSSR count). The molecular formula is C26H16O4S2. The Balaban J connectivity index is 1.65. The normalized spacial score (nSPS) is 11.0. The van der Waals surface area contributed by atoms with Gasteiger partial charge >= 0.3 is 5.97 Å². The quantitative estimate of drug-likeness (QED) is 0.281. The van der Waals surface area contributed by atoms with Gasteiger partial charge in [0.1, 0.15) is 5.75 Å². The van der Waals surface area contributed by atoms with Crippen molar-refractivity contribution in [1.82, 2.24) is 0 Å². The van der Waals surface area contributed by atoms with Crippen LogP contribution in [0.1, 0.15) is 25.6 Å². The number of phenols is 1. The molecule has 5 aromatic rings. The lowest BCUT2D eigenvalue weighted by molar-refractivity contribution is 0.0698. The summed E-state index contributed by atoms with van der Waals surface area (Å²) < 4.78 is 0.828. The van der Waals surface area contributed by atoms with Crippen LogP contribution >= 0.6 is 22.7 Å². The van der Waals surface area contributed by atoms with Crippen LogP contribution in [0.4, 0.5) is 0 Å². The first-order chi connectivity index (χ1) is 15.5. The number of phenolic OH excluding ortho intramolecular Hbond substituents is 1. The Labute approximate surface area is 191 Å². The monoisotopic (exact) mass is 456 g/mol. The molecule has 2 heterocycles. The molecule has 0 spiro atoms. The van der Waals surface area contributed by atoms with Crippen molar-refractivity contribution in [2.45, 2.75) is 0 Å². The number of hydrogen-bond acceptors (Lipinski definition) is 5. The van der Waals surface area contributed by atoms with Gasteiger partial charge in [-0.15, -0.1) is 22.7 Å². The van der Waals surface area contributed by atoms with Gasteiger partial charge < -0.3 is 10.2 Å². The highest BCUT2D eigenvalue weighted by molar-refractivity contribution is 7.21. The molecule has 0 bridgehead atoms. The highest BCUT2D eigenvalue weighted by atomic mass is 32.1. The fourth-order valence-electron chi connectivity index (χ4n) is 3.74. The van der Waals surface area contributed by atoms with Crippen LogP contribution in [0.2, 0.25) is 0 Å². The number of fused-ring (bicyclic) bond motifs is 1. The maximum Gasteiger partial charge on any atom is 0.337 e. The van der Waals surface area contributed by atoms with E-state index in [1.807, 2.05) is 48.5 Å². The fraction of sp³-hybridized carbons (Fsp3) is 0. The van der Waals surface area contributed by atoms with Crippen LogP contribution in [0.15, 0.2) is 84.2 Å². The number of rotatable bonds is 5. The molecule has 156 valence electrons. The first kappa shape index (κ1) is 20.2. The number of carboxylic acids is 1. The van der Waals surface area contributed by atoms with Crippen molar-refractivity contribution in [2.24, 2.45) is 0 Å². The van der Waals surface area contributed by atoms with Crippen molar-refractivity contribution < 1.29 is 19.8 Å². The molecule has 0 aliphatic carbocycles. The first-order valence-corrected chi connectivity index (χ1v) is 11.5. The third kappa shape index (κ3) is 3.49. The number of carbonyl (C=O) groups is 2. The zero-order valence-electron chi connectivity index (χ0n) is 16.6. The molecule has 0 radical (unpaired) electrons. The molecule has 0 fully saturated rings. The van der Waals surface area contributed by atoms with Crippen LogP contribution in [-0.2, 0) is 0 Å². The fourth-order valence-corrected chi connectivity index (χ4v) is 5.86. The lowest BCUT2D eigenvalue weighted by Gasteiger charge is -2.07. The largest absolute Gasteiger partial charge is 0.508 e. The second-order valence-corrected chi connectivity index (χ2v) is 9.20. The lowest BCUT2D eigenvalue weighted by atomic mass is 9.97. The molecule has 3 aromatic carbocycles. The number of aromatic carboxylic acids is 1. The number of ketones is 1. The van der Waals surface area contributed by atoms with Crippen molar-refractivity contribution in [3.63, 3.8) is 0 Å². The zero-order valence-corrected chi connectivity index (χ0v) is 18.2. The van der Waals surface area contributed by atoms with E-state index in [0.29, 0.717) is 15.3 Å². The van der Waals surface area contributed by atoms with Gasteiger partial charge in [-0.2, -0.15) is 0 Å². The number of carboxylic acid groups (broad SMARTS) is 1. The number of benzene rings is 3. The summed E-state index contributed by atoms with van der Waals surface area (Å²) in [5.74, 6) is -0.875. The summed E-state index contributed by atoms with van der Waals surface area (Å²) in [6.07, 6.45) is 0. The van der Waals surface area contributed by atoms with Gasteiger partial charge in [0.15, 0.2) is 0 Å². The van der Waals surface area contributed by atoms with Crippen molar-refractivity contribution in [3.8, 4) is 27.3 Å². The Morgan fingerprint density at radius 3 is 2.25 bits per heavy atom. The van der Waals surface area contributed by atoms with Gasteiger partial charge in [-0.3, -0.25) is 4.79 Å². The van der Waals surface area contributed by atoms with Crippen molar-refractivity contribution >= 4 is 44.5 Å². The Hall–Kier alpha value is -3.74. The third-order valence-electron chi connectivity index (χ3n) is 5.25. The predicted molar refractivity (Wildman–Crippen MR) is 129 cm³/mol. The van der Waals surface area contributed by atoms with Gasteiger partial charge in [0, 0.05) is 26.1 Å². The topological polar surface area (TPSA) is 74.6 Å². The molecule has 0 aliphatic rings. The number of carbonyl (C=O) groups excluding carboxylic acids is 1. The standard InChI is InChI=1S/C26H16O4S2/c27-18-10-11-19-21(14-18)32-25(23(28)16-4-2-1-3-5-16)22(19)15-6-8-17(9-7-15)24-20(26(29)30)12-13-31-24/h1-14,27H,(H,29,30). The lowest BCUT2D eigenvalue weighted by Crippen LogP contribution is -2.00. The van der Waals surface area contributed by atoms with Crippen LogP contribution in [-0.4, -0.2) is 22.0 Å². The van der Waals surface area contributed by atoms with Gasteiger partial charge in [0.25, 0.3) is 0 Å². The molecule has 2 aromatic heterocycles. The Morgan fingerprint density at radius 1 is 0.812 bits per heavy atom. The molecule has 2 N–H and O–H groups in total. The minimum absolute atomic E-state index is 0.0724. The first-order valence-electron chi connectivity index (χ1n) is 9.80. The van der Waals surface area contributed by atoms with Gasteiger partial charge in [-0.05, 0) is 40.8 Å². The second kappa shape index (κ2) is 8.07. The van der Waals surface area contributed by atoms with Crippen LogP contribution in [0.5, 0.6) is 5.75 Å². The summed E-state index contributed by atoms with van der Waals surface area (Å²) in [5.41, 5.74) is 3.37. The maximum atomic E-state index is 13.4. The van der Waals surface area contributed by atoms with Crippen molar-refractivity contribution in [3.05, 3.63) is 100 Å². The van der Waals surface area contributed by atoms with Gasteiger partial charge in [0.05, 0.1) is 10.4 Å². The van der Waals surface area contributed by atoms with Crippen LogP contribution < -0.4 is 0 Å². The summed E-state index contributed by atoms with van der Waals surface area (Å²) >= 11 is 2.74. The van der Waals surface area contributed by atoms with E-state index in [-0.39, 0.29) is 17.1 Å². The smallest absolute Gasteiger partial charge is 0.337 e. The second-order valence-electron chi connectivity index (χ2n) is 7.23. The van der Waals surface area contributed by atoms with Gasteiger partial charge in [0.2, 0.25) is 5.78 Å². The zero-order chi connectivity index (χ0) is 22.2. The van der Waals surface area contributed by atoms with E-state index < -0.39 is 5.97 Å². The Morgan fingerprint density at radius 2 is 1.53 bits per heavy atom. The molecule has 4 nitrogen and oxygen atoms in total. The molecule has 0 aliphatic heterocycles. The third-order valence-corrected chi connectivity index (χ3v) is 7.36. The average Bonchev–Trinajstić information content (AvgIpc) is 3.44. The number of thiophene rings is 2. The highest BCUT2D eigenvalue weighted by Crippen LogP contribution is 2.42. The summed E-state index contributed by atoms with van der Waals surface area (Å²) in [4.78, 5) is 26.1. The van der Waals surface area contributed by atoms with Crippen LogP contribution in [0, 0.1) is 0 Å². The molecule has 0 saturated heterocycles. The minimum Gasteiger partial charge on any atom is -0.508 e. The average molecular weight is 457 g/mol. The van der Waals surface area contributed by atoms with Gasteiger partial charge in [-0.1, -0.05) is 54.6 Å². The Kier molecular flexibility index (Phi) is 5.09. The van der Waals surface area contributed by atoms with E-state index in [4.69, 9.17) is 0 Å². The van der Waals surface area contributed by atoms with Gasteiger partial charge in [-0.25, -0.2) is 4.79 Å². The van der Waals surface area contributed by atoms with E-state index >= 15 is 0 Å². The Bertz CT molecular complexity index is 1460. The van der Waals surface area contributed by atoms with Crippen LogP contribution in [0.25, 0.3) is 31.7 Å². The van der Waals surface area contributed by atoms with E-state index in [1.165, 1.54) is 22.7 Å². The molecule has 0 saturated carbocycles. The molecule has 0 atom stereocenters. The van der Waals surface area contributed by atoms with E-state index in [9.17, 15) is 19.8 Å². The van der Waals surface area contributed by atoms with Crippen molar-refractivity contribution in [2.75, 3.05) is 0 Å². The molecule has 32 heavy (non-hydrogen) atoms. The van der Waals surface area contributed by atoms with Crippen LogP contribution in [0.3, 0.4) is 0 Å². The molecule has 0 amide bonds. The minimum atomic E-state index is -0.954. The molecular weight excluding hydrogens is 440 g/mol. The SMILES string of the molecule is O=C(O)c1ccsc1-c1ccc(-c2c(C(=O)c3ccccc3)sc3cc(O)ccc23)cc1. The maximum absolute atomic E-state index is 13.4. The summed E-state index contributed by atoms with van der Waals surface area (Å²) in [5, 5.41) is 22.0. The summed E-state index contributed by atoms with van der Waals surface area (Å²) in [7, 11) is 0. The molecule has 0 unspecified atom stereocenters.